The summed E-state index contributed by atoms with van der Waals surface area (Å²) in [5, 5.41) is 5.53. The van der Waals surface area contributed by atoms with E-state index in [1.54, 1.807) is 23.9 Å². The molecule has 0 fully saturated rings. The van der Waals surface area contributed by atoms with Crippen LogP contribution in [-0.4, -0.2) is 34.4 Å². The summed E-state index contributed by atoms with van der Waals surface area (Å²) >= 11 is 5.99. The van der Waals surface area contributed by atoms with Gasteiger partial charge in [-0.2, -0.15) is 5.10 Å². The van der Waals surface area contributed by atoms with E-state index >= 15 is 0 Å². The molecule has 8 heteroatoms. The zero-order chi connectivity index (χ0) is 19.2. The summed E-state index contributed by atoms with van der Waals surface area (Å²) in [6, 6.07) is 16.0. The number of fused-ring (bicyclic) bond motifs is 1. The second-order valence-corrected chi connectivity index (χ2v) is 10.1. The van der Waals surface area contributed by atoms with E-state index in [2.05, 4.69) is 5.10 Å². The molecule has 3 aromatic rings. The number of rotatable bonds is 3. The van der Waals surface area contributed by atoms with Crippen molar-refractivity contribution in [1.82, 2.24) is 14.5 Å². The molecule has 4 rings (SSSR count). The van der Waals surface area contributed by atoms with Crippen molar-refractivity contribution in [3.05, 3.63) is 71.7 Å². The summed E-state index contributed by atoms with van der Waals surface area (Å²) in [6.45, 7) is 1.92. The summed E-state index contributed by atoms with van der Waals surface area (Å²) in [6.07, 6.45) is -2.59. The van der Waals surface area contributed by atoms with E-state index < -0.39 is 6.42 Å². The smallest absolute Gasteiger partial charge is 0.192 e. The number of para-hydroxylation sites is 1. The van der Waals surface area contributed by atoms with Crippen LogP contribution in [0.3, 0.4) is 0 Å². The monoisotopic (exact) mass is 400 g/mol. The van der Waals surface area contributed by atoms with Crippen molar-refractivity contribution < 1.29 is 8.91 Å². The third kappa shape index (κ3) is 2.83. The third-order valence-corrected chi connectivity index (χ3v) is 8.84. The summed E-state index contributed by atoms with van der Waals surface area (Å²) in [7, 11) is 3.49. The minimum Gasteiger partial charge on any atom is -0.334 e. The van der Waals surface area contributed by atoms with Gasteiger partial charge in [0.1, 0.15) is 11.7 Å². The van der Waals surface area contributed by atoms with E-state index in [4.69, 9.17) is 21.3 Å². The second-order valence-electron chi connectivity index (χ2n) is 6.17. The number of aliphatic imine (C=N–C) groups is 1. The van der Waals surface area contributed by atoms with E-state index in [-0.39, 0.29) is 5.82 Å². The Kier molecular flexibility index (Phi) is 4.46. The molecule has 0 amide bonds. The van der Waals surface area contributed by atoms with Gasteiger partial charge in [0.05, 0.1) is 16.7 Å². The Balaban J connectivity index is 2.00. The van der Waals surface area contributed by atoms with Crippen LogP contribution in [0.1, 0.15) is 11.3 Å². The van der Waals surface area contributed by atoms with Crippen LogP contribution in [0.25, 0.3) is 5.69 Å². The number of hydrogen-bond donors (Lipinski definition) is 0. The van der Waals surface area contributed by atoms with Gasteiger partial charge in [-0.1, -0.05) is 18.2 Å². The molecular formula is C19H18FN4OPS. The average Bonchev–Trinajstić information content (AvgIpc) is 3.03. The van der Waals surface area contributed by atoms with Gasteiger partial charge in [-0.3, -0.25) is 0 Å². The van der Waals surface area contributed by atoms with Crippen LogP contribution >= 0.6 is 6.42 Å². The van der Waals surface area contributed by atoms with Gasteiger partial charge in [0.25, 0.3) is 0 Å². The molecular weight excluding hydrogens is 382 g/mol. The van der Waals surface area contributed by atoms with E-state index in [0.29, 0.717) is 11.7 Å². The fourth-order valence-corrected chi connectivity index (χ4v) is 6.06. The Hall–Kier alpha value is -2.34. The number of hydrogen-bond acceptors (Lipinski definition) is 4. The highest BCUT2D eigenvalue weighted by atomic mass is 32.4. The van der Waals surface area contributed by atoms with Crippen LogP contribution in [0.15, 0.2) is 59.6 Å². The summed E-state index contributed by atoms with van der Waals surface area (Å²) in [5.74, 6) is 1.01. The van der Waals surface area contributed by atoms with Crippen LogP contribution in [0.5, 0.6) is 0 Å². The lowest BCUT2D eigenvalue weighted by molar-refractivity contribution is 0.439. The van der Waals surface area contributed by atoms with E-state index in [1.165, 1.54) is 12.1 Å². The minimum absolute atomic E-state index is 0.296. The zero-order valence-electron chi connectivity index (χ0n) is 15.1. The second kappa shape index (κ2) is 6.68. The Morgan fingerprint density at radius 2 is 1.74 bits per heavy atom. The topological polar surface area (TPSA) is 42.6 Å². The molecule has 0 saturated carbocycles. The lowest BCUT2D eigenvalue weighted by Crippen LogP contribution is -2.34. The van der Waals surface area contributed by atoms with Crippen LogP contribution in [-0.2, 0) is 16.3 Å². The first-order valence-electron chi connectivity index (χ1n) is 8.36. The molecule has 27 heavy (non-hydrogen) atoms. The molecule has 0 radical (unpaired) electrons. The maximum absolute atomic E-state index is 13.4. The predicted molar refractivity (Wildman–Crippen MR) is 110 cm³/mol. The van der Waals surface area contributed by atoms with Crippen LogP contribution in [0, 0.1) is 12.7 Å². The zero-order valence-corrected chi connectivity index (χ0v) is 16.8. The Morgan fingerprint density at radius 3 is 2.37 bits per heavy atom. The van der Waals surface area contributed by atoms with E-state index in [1.807, 2.05) is 49.0 Å². The van der Waals surface area contributed by atoms with Gasteiger partial charge in [0.2, 0.25) is 0 Å². The minimum atomic E-state index is -2.59. The van der Waals surface area contributed by atoms with Gasteiger partial charge in [-0.15, -0.1) is 0 Å². The quantitative estimate of drug-likeness (QED) is 0.625. The van der Waals surface area contributed by atoms with Gasteiger partial charge in [0, 0.05) is 19.7 Å². The van der Waals surface area contributed by atoms with Gasteiger partial charge in [-0.25, -0.2) is 14.1 Å². The molecule has 0 bridgehead atoms. The fraction of sp³-hybridized carbons (Fsp3) is 0.158. The molecule has 1 aromatic heterocycles. The SMILES string of the molecule is COP1(=S)c2c(C)nn(-c3ccccc3)c2N=C(c2ccc(F)cc2)N1C. The van der Waals surface area contributed by atoms with Crippen molar-refractivity contribution in [3.63, 3.8) is 0 Å². The molecule has 1 unspecified atom stereocenters. The van der Waals surface area contributed by atoms with Gasteiger partial charge >= 0.3 is 0 Å². The first kappa shape index (κ1) is 18.0. The van der Waals surface area contributed by atoms with Crippen molar-refractivity contribution in [1.29, 1.82) is 0 Å². The highest BCUT2D eigenvalue weighted by Gasteiger charge is 2.39. The molecule has 1 aliphatic heterocycles. The molecule has 5 nitrogen and oxygen atoms in total. The Labute approximate surface area is 162 Å². The summed E-state index contributed by atoms with van der Waals surface area (Å²) in [4.78, 5) is 4.87. The number of nitrogens with zero attached hydrogens (tertiary/aromatic N) is 4. The number of aryl methyl sites for hydroxylation is 1. The average molecular weight is 400 g/mol. The van der Waals surface area contributed by atoms with Crippen LogP contribution < -0.4 is 5.30 Å². The summed E-state index contributed by atoms with van der Waals surface area (Å²) in [5.41, 5.74) is 2.47. The molecule has 0 aliphatic carbocycles. The molecule has 138 valence electrons. The Bertz CT molecular complexity index is 1080. The maximum Gasteiger partial charge on any atom is 0.192 e. The summed E-state index contributed by atoms with van der Waals surface area (Å²) < 4.78 is 22.9. The molecule has 0 N–H and O–H groups in total. The number of benzene rings is 2. The predicted octanol–water partition coefficient (Wildman–Crippen LogP) is 3.92. The molecule has 0 saturated heterocycles. The van der Waals surface area contributed by atoms with Crippen molar-refractivity contribution in [2.24, 2.45) is 4.99 Å². The van der Waals surface area contributed by atoms with Crippen molar-refractivity contribution in [2.75, 3.05) is 14.2 Å². The van der Waals surface area contributed by atoms with E-state index in [9.17, 15) is 4.39 Å². The highest BCUT2D eigenvalue weighted by Crippen LogP contribution is 2.55. The molecule has 1 atom stereocenters. The van der Waals surface area contributed by atoms with Crippen LogP contribution in [0.2, 0.25) is 0 Å². The molecule has 0 spiro atoms. The third-order valence-electron chi connectivity index (χ3n) is 4.55. The first-order valence-corrected chi connectivity index (χ1v) is 11.0. The van der Waals surface area contributed by atoms with Gasteiger partial charge in [0.15, 0.2) is 12.2 Å². The first-order chi connectivity index (χ1) is 13.0. The largest absolute Gasteiger partial charge is 0.334 e. The van der Waals surface area contributed by atoms with Gasteiger partial charge in [-0.05, 0) is 55.1 Å². The fourth-order valence-electron chi connectivity index (χ4n) is 3.20. The standard InChI is InChI=1S/C19H18FN4OPS/c1-13-17-19(24(22-13)16-7-5-4-6-8-16)21-18(23(2)26(17,27)25-3)14-9-11-15(20)12-10-14/h4-12H,1-3H3. The maximum atomic E-state index is 13.4. The number of amidine groups is 1. The lowest BCUT2D eigenvalue weighted by atomic mass is 10.2. The number of halogens is 1. The van der Waals surface area contributed by atoms with Crippen molar-refractivity contribution in [3.8, 4) is 5.69 Å². The number of aromatic nitrogens is 2. The van der Waals surface area contributed by atoms with Crippen molar-refractivity contribution >= 4 is 35.2 Å². The normalized spacial score (nSPS) is 19.0. The van der Waals surface area contributed by atoms with Gasteiger partial charge < -0.3 is 9.19 Å². The highest BCUT2D eigenvalue weighted by molar-refractivity contribution is 8.15. The van der Waals surface area contributed by atoms with Crippen LogP contribution in [0.4, 0.5) is 10.2 Å². The molecule has 2 heterocycles. The van der Waals surface area contributed by atoms with E-state index in [0.717, 1.165) is 22.2 Å². The molecule has 2 aromatic carbocycles. The Morgan fingerprint density at radius 1 is 1.07 bits per heavy atom. The van der Waals surface area contributed by atoms with Crippen molar-refractivity contribution in [2.45, 2.75) is 6.92 Å². The molecule has 1 aliphatic rings. The lowest BCUT2D eigenvalue weighted by Gasteiger charge is -2.36.